The summed E-state index contributed by atoms with van der Waals surface area (Å²) < 4.78 is 5.86. The van der Waals surface area contributed by atoms with Crippen molar-refractivity contribution in [3.63, 3.8) is 0 Å². The zero-order chi connectivity index (χ0) is 15.4. The first-order chi connectivity index (χ1) is 10.7. The molecule has 1 unspecified atom stereocenters. The quantitative estimate of drug-likeness (QED) is 0.892. The third-order valence-electron chi connectivity index (χ3n) is 3.52. The van der Waals surface area contributed by atoms with Gasteiger partial charge < -0.3 is 14.7 Å². The highest BCUT2D eigenvalue weighted by molar-refractivity contribution is 5.84. The minimum Gasteiger partial charge on any atom is -0.476 e. The van der Waals surface area contributed by atoms with E-state index in [1.165, 1.54) is 12.4 Å². The van der Waals surface area contributed by atoms with E-state index in [9.17, 15) is 4.79 Å². The number of pyridine rings is 1. The first-order valence-electron chi connectivity index (χ1n) is 7.04. The second kappa shape index (κ2) is 6.48. The summed E-state index contributed by atoms with van der Waals surface area (Å²) in [5.41, 5.74) is 0.859. The fraction of sp³-hybridized carbons (Fsp3) is 0.333. The van der Waals surface area contributed by atoms with Crippen LogP contribution < -0.4 is 4.90 Å². The maximum atomic E-state index is 10.8. The summed E-state index contributed by atoms with van der Waals surface area (Å²) in [7, 11) is 0. The Hall–Kier alpha value is -2.54. The van der Waals surface area contributed by atoms with E-state index in [2.05, 4.69) is 15.0 Å². The topological polar surface area (TPSA) is 88.4 Å². The van der Waals surface area contributed by atoms with Crippen LogP contribution >= 0.6 is 0 Å². The first kappa shape index (κ1) is 14.4. The van der Waals surface area contributed by atoms with Gasteiger partial charge in [-0.2, -0.15) is 0 Å². The Balaban J connectivity index is 1.54. The highest BCUT2D eigenvalue weighted by Crippen LogP contribution is 2.19. The molecule has 0 bridgehead atoms. The van der Waals surface area contributed by atoms with Crippen molar-refractivity contribution >= 4 is 11.8 Å². The van der Waals surface area contributed by atoms with Crippen molar-refractivity contribution in [2.45, 2.75) is 19.1 Å². The van der Waals surface area contributed by atoms with Crippen molar-refractivity contribution < 1.29 is 14.6 Å². The standard InChI is InChI=1S/C15H16N4O3/c20-15(21)13-7-18-14(8-17-13)19-6-4-12(9-19)22-10-11-3-1-2-5-16-11/h1-3,5,7-8,12H,4,6,9-10H2,(H,20,21). The molecule has 0 radical (unpaired) electrons. The zero-order valence-corrected chi connectivity index (χ0v) is 11.9. The van der Waals surface area contributed by atoms with Crippen molar-refractivity contribution in [1.29, 1.82) is 0 Å². The largest absolute Gasteiger partial charge is 0.476 e. The molecule has 0 aliphatic carbocycles. The Morgan fingerprint density at radius 1 is 1.32 bits per heavy atom. The van der Waals surface area contributed by atoms with Gasteiger partial charge in [0.2, 0.25) is 0 Å². The van der Waals surface area contributed by atoms with Gasteiger partial charge in [0, 0.05) is 19.3 Å². The number of carbonyl (C=O) groups is 1. The van der Waals surface area contributed by atoms with E-state index < -0.39 is 5.97 Å². The van der Waals surface area contributed by atoms with Gasteiger partial charge in [0.1, 0.15) is 5.82 Å². The van der Waals surface area contributed by atoms with Gasteiger partial charge in [-0.05, 0) is 18.6 Å². The molecule has 1 aliphatic rings. The number of carboxylic acid groups (broad SMARTS) is 1. The SMILES string of the molecule is O=C(O)c1cnc(N2CCC(OCc3ccccn3)C2)cn1. The minimum atomic E-state index is -1.07. The van der Waals surface area contributed by atoms with E-state index in [0.29, 0.717) is 19.0 Å². The molecule has 114 valence electrons. The van der Waals surface area contributed by atoms with Crippen LogP contribution in [0.4, 0.5) is 5.82 Å². The van der Waals surface area contributed by atoms with E-state index in [1.54, 1.807) is 6.20 Å². The monoisotopic (exact) mass is 300 g/mol. The molecule has 1 aliphatic heterocycles. The molecule has 0 amide bonds. The lowest BCUT2D eigenvalue weighted by atomic mass is 10.3. The van der Waals surface area contributed by atoms with Crippen LogP contribution in [0.5, 0.6) is 0 Å². The van der Waals surface area contributed by atoms with Crippen molar-refractivity contribution in [3.05, 3.63) is 48.2 Å². The molecule has 22 heavy (non-hydrogen) atoms. The van der Waals surface area contributed by atoms with Gasteiger partial charge in [0.25, 0.3) is 0 Å². The van der Waals surface area contributed by atoms with E-state index in [4.69, 9.17) is 9.84 Å². The van der Waals surface area contributed by atoms with E-state index in [1.807, 2.05) is 23.1 Å². The van der Waals surface area contributed by atoms with Crippen molar-refractivity contribution in [3.8, 4) is 0 Å². The Morgan fingerprint density at radius 2 is 2.23 bits per heavy atom. The Labute approximate surface area is 127 Å². The minimum absolute atomic E-state index is 0.0501. The van der Waals surface area contributed by atoms with Crippen LogP contribution in [0.1, 0.15) is 22.6 Å². The normalized spacial score (nSPS) is 17.6. The van der Waals surface area contributed by atoms with Crippen molar-refractivity contribution in [2.75, 3.05) is 18.0 Å². The third kappa shape index (κ3) is 3.37. The summed E-state index contributed by atoms with van der Waals surface area (Å²) in [6, 6.07) is 5.75. The number of anilines is 1. The molecule has 0 saturated carbocycles. The molecule has 1 saturated heterocycles. The summed E-state index contributed by atoms with van der Waals surface area (Å²) in [6.45, 7) is 2.02. The molecule has 2 aromatic heterocycles. The Morgan fingerprint density at radius 3 is 2.91 bits per heavy atom. The molecule has 0 aromatic carbocycles. The molecular formula is C15H16N4O3. The molecule has 1 fully saturated rings. The summed E-state index contributed by atoms with van der Waals surface area (Å²) in [4.78, 5) is 25.1. The van der Waals surface area contributed by atoms with Crippen LogP contribution in [0, 0.1) is 0 Å². The lowest BCUT2D eigenvalue weighted by Crippen LogP contribution is -2.24. The molecule has 1 N–H and O–H groups in total. The van der Waals surface area contributed by atoms with Gasteiger partial charge in [0.05, 0.1) is 30.8 Å². The molecule has 1 atom stereocenters. The van der Waals surface area contributed by atoms with Gasteiger partial charge in [-0.3, -0.25) is 4.98 Å². The Bertz CT molecular complexity index is 633. The van der Waals surface area contributed by atoms with Gasteiger partial charge >= 0.3 is 5.97 Å². The predicted molar refractivity (Wildman–Crippen MR) is 78.6 cm³/mol. The van der Waals surface area contributed by atoms with Gasteiger partial charge in [-0.1, -0.05) is 6.07 Å². The maximum Gasteiger partial charge on any atom is 0.356 e. The van der Waals surface area contributed by atoms with Gasteiger partial charge in [-0.25, -0.2) is 14.8 Å². The second-order valence-electron chi connectivity index (χ2n) is 5.05. The summed E-state index contributed by atoms with van der Waals surface area (Å²) in [5.74, 6) is -0.397. The Kier molecular flexibility index (Phi) is 4.24. The number of carboxylic acids is 1. The van der Waals surface area contributed by atoms with Crippen LogP contribution in [-0.2, 0) is 11.3 Å². The van der Waals surface area contributed by atoms with Crippen LogP contribution in [0.2, 0.25) is 0 Å². The van der Waals surface area contributed by atoms with E-state index in [0.717, 1.165) is 18.7 Å². The fourth-order valence-corrected chi connectivity index (χ4v) is 2.35. The summed E-state index contributed by atoms with van der Waals surface area (Å²) in [5, 5.41) is 8.82. The summed E-state index contributed by atoms with van der Waals surface area (Å²) in [6.07, 6.45) is 5.53. The third-order valence-corrected chi connectivity index (χ3v) is 3.52. The average molecular weight is 300 g/mol. The summed E-state index contributed by atoms with van der Waals surface area (Å²) >= 11 is 0. The van der Waals surface area contributed by atoms with Crippen LogP contribution in [-0.4, -0.2) is 45.2 Å². The second-order valence-corrected chi connectivity index (χ2v) is 5.05. The number of hydrogen-bond acceptors (Lipinski definition) is 6. The number of aromatic carboxylic acids is 1. The lowest BCUT2D eigenvalue weighted by Gasteiger charge is -2.17. The molecule has 3 heterocycles. The molecule has 2 aromatic rings. The highest BCUT2D eigenvalue weighted by Gasteiger charge is 2.24. The van der Waals surface area contributed by atoms with Crippen LogP contribution in [0.25, 0.3) is 0 Å². The molecule has 3 rings (SSSR count). The lowest BCUT2D eigenvalue weighted by molar-refractivity contribution is 0.0533. The number of hydrogen-bond donors (Lipinski definition) is 1. The van der Waals surface area contributed by atoms with Crippen molar-refractivity contribution in [1.82, 2.24) is 15.0 Å². The molecule has 7 nitrogen and oxygen atoms in total. The van der Waals surface area contributed by atoms with E-state index >= 15 is 0 Å². The van der Waals surface area contributed by atoms with E-state index in [-0.39, 0.29) is 11.8 Å². The molecule has 0 spiro atoms. The van der Waals surface area contributed by atoms with Gasteiger partial charge in [-0.15, -0.1) is 0 Å². The maximum absolute atomic E-state index is 10.8. The molecule has 7 heteroatoms. The number of rotatable bonds is 5. The number of ether oxygens (including phenoxy) is 1. The van der Waals surface area contributed by atoms with Crippen LogP contribution in [0.3, 0.4) is 0 Å². The fourth-order valence-electron chi connectivity index (χ4n) is 2.35. The molecular weight excluding hydrogens is 284 g/mol. The van der Waals surface area contributed by atoms with Crippen molar-refractivity contribution in [2.24, 2.45) is 0 Å². The smallest absolute Gasteiger partial charge is 0.356 e. The van der Waals surface area contributed by atoms with Gasteiger partial charge in [0.15, 0.2) is 5.69 Å². The zero-order valence-electron chi connectivity index (χ0n) is 11.9. The highest BCUT2D eigenvalue weighted by atomic mass is 16.5. The number of nitrogens with zero attached hydrogens (tertiary/aromatic N) is 4. The van der Waals surface area contributed by atoms with Crippen LogP contribution in [0.15, 0.2) is 36.8 Å². The average Bonchev–Trinajstić information content (AvgIpc) is 3.03. The predicted octanol–water partition coefficient (Wildman–Crippen LogP) is 1.37. The number of aromatic nitrogens is 3. The first-order valence-corrected chi connectivity index (χ1v) is 7.04.